The SMILES string of the molecule is CCCC1CCN(C(=O)c2c(N)cccc2OC)CC1. The van der Waals surface area contributed by atoms with Gasteiger partial charge in [-0.25, -0.2) is 0 Å². The molecule has 1 saturated heterocycles. The van der Waals surface area contributed by atoms with Crippen LogP contribution in [-0.2, 0) is 0 Å². The van der Waals surface area contributed by atoms with E-state index >= 15 is 0 Å². The van der Waals surface area contributed by atoms with Gasteiger partial charge in [0.1, 0.15) is 11.3 Å². The average Bonchev–Trinajstić information content (AvgIpc) is 2.47. The smallest absolute Gasteiger partial charge is 0.259 e. The van der Waals surface area contributed by atoms with Crippen LogP contribution in [0, 0.1) is 5.92 Å². The number of nitrogens with zero attached hydrogens (tertiary/aromatic N) is 1. The molecule has 1 fully saturated rings. The van der Waals surface area contributed by atoms with Gasteiger partial charge in [-0.3, -0.25) is 4.79 Å². The van der Waals surface area contributed by atoms with E-state index in [0.29, 0.717) is 17.0 Å². The Morgan fingerprint density at radius 2 is 2.10 bits per heavy atom. The molecule has 0 atom stereocenters. The summed E-state index contributed by atoms with van der Waals surface area (Å²) in [7, 11) is 1.57. The first kappa shape index (κ1) is 14.7. The van der Waals surface area contributed by atoms with Crippen molar-refractivity contribution in [2.45, 2.75) is 32.6 Å². The van der Waals surface area contributed by atoms with Crippen molar-refractivity contribution in [1.82, 2.24) is 4.90 Å². The van der Waals surface area contributed by atoms with E-state index in [4.69, 9.17) is 10.5 Å². The summed E-state index contributed by atoms with van der Waals surface area (Å²) < 4.78 is 5.27. The lowest BCUT2D eigenvalue weighted by atomic mass is 9.92. The van der Waals surface area contributed by atoms with E-state index < -0.39 is 0 Å². The lowest BCUT2D eigenvalue weighted by Crippen LogP contribution is -2.38. The number of benzene rings is 1. The van der Waals surface area contributed by atoms with Crippen molar-refractivity contribution in [2.75, 3.05) is 25.9 Å². The predicted octanol–water partition coefficient (Wildman–Crippen LogP) is 2.93. The van der Waals surface area contributed by atoms with Crippen molar-refractivity contribution in [3.8, 4) is 5.75 Å². The van der Waals surface area contributed by atoms with Gasteiger partial charge in [0, 0.05) is 18.8 Å². The molecule has 2 N–H and O–H groups in total. The number of anilines is 1. The van der Waals surface area contributed by atoms with Crippen molar-refractivity contribution in [1.29, 1.82) is 0 Å². The maximum atomic E-state index is 12.6. The third-order valence-corrected chi connectivity index (χ3v) is 4.09. The number of carbonyl (C=O) groups is 1. The van der Waals surface area contributed by atoms with Crippen molar-refractivity contribution >= 4 is 11.6 Å². The molecule has 0 aliphatic carbocycles. The maximum absolute atomic E-state index is 12.6. The Kier molecular flexibility index (Phi) is 4.88. The second-order valence-corrected chi connectivity index (χ2v) is 5.45. The van der Waals surface area contributed by atoms with Gasteiger partial charge >= 0.3 is 0 Å². The summed E-state index contributed by atoms with van der Waals surface area (Å²) in [4.78, 5) is 14.5. The molecule has 110 valence electrons. The molecule has 1 amide bonds. The third kappa shape index (κ3) is 3.06. The zero-order valence-electron chi connectivity index (χ0n) is 12.4. The molecule has 1 heterocycles. The molecule has 0 bridgehead atoms. The van der Waals surface area contributed by atoms with Crippen LogP contribution in [0.15, 0.2) is 18.2 Å². The number of amides is 1. The molecule has 1 aromatic carbocycles. The van der Waals surface area contributed by atoms with E-state index in [2.05, 4.69) is 6.92 Å². The van der Waals surface area contributed by atoms with E-state index in [1.54, 1.807) is 25.3 Å². The van der Waals surface area contributed by atoms with Crippen LogP contribution in [0.2, 0.25) is 0 Å². The zero-order chi connectivity index (χ0) is 14.5. The van der Waals surface area contributed by atoms with Crippen LogP contribution >= 0.6 is 0 Å². The first-order chi connectivity index (χ1) is 9.67. The predicted molar refractivity (Wildman–Crippen MR) is 80.9 cm³/mol. The Labute approximate surface area is 120 Å². The highest BCUT2D eigenvalue weighted by Gasteiger charge is 2.26. The zero-order valence-corrected chi connectivity index (χ0v) is 12.4. The first-order valence-electron chi connectivity index (χ1n) is 7.39. The highest BCUT2D eigenvalue weighted by molar-refractivity contribution is 6.01. The fourth-order valence-corrected chi connectivity index (χ4v) is 2.94. The highest BCUT2D eigenvalue weighted by Crippen LogP contribution is 2.28. The fourth-order valence-electron chi connectivity index (χ4n) is 2.94. The highest BCUT2D eigenvalue weighted by atomic mass is 16.5. The number of nitrogen functional groups attached to an aromatic ring is 1. The minimum Gasteiger partial charge on any atom is -0.496 e. The molecule has 0 unspecified atom stereocenters. The van der Waals surface area contributed by atoms with Gasteiger partial charge < -0.3 is 15.4 Å². The molecule has 0 saturated carbocycles. The number of piperidine rings is 1. The second kappa shape index (κ2) is 6.64. The molecular weight excluding hydrogens is 252 g/mol. The monoisotopic (exact) mass is 276 g/mol. The number of hydrogen-bond donors (Lipinski definition) is 1. The Morgan fingerprint density at radius 1 is 1.40 bits per heavy atom. The Bertz CT molecular complexity index is 466. The largest absolute Gasteiger partial charge is 0.496 e. The molecule has 20 heavy (non-hydrogen) atoms. The molecule has 1 aliphatic rings. The van der Waals surface area contributed by atoms with Gasteiger partial charge in [-0.15, -0.1) is 0 Å². The Balaban J connectivity index is 2.09. The van der Waals surface area contributed by atoms with E-state index in [9.17, 15) is 4.79 Å². The summed E-state index contributed by atoms with van der Waals surface area (Å²) in [6, 6.07) is 5.34. The van der Waals surface area contributed by atoms with Crippen LogP contribution in [-0.4, -0.2) is 31.0 Å². The molecule has 0 aromatic heterocycles. The molecule has 0 radical (unpaired) electrons. The quantitative estimate of drug-likeness (QED) is 0.860. The lowest BCUT2D eigenvalue weighted by Gasteiger charge is -2.32. The second-order valence-electron chi connectivity index (χ2n) is 5.45. The van der Waals surface area contributed by atoms with Gasteiger partial charge in [-0.1, -0.05) is 25.8 Å². The Morgan fingerprint density at radius 3 is 2.70 bits per heavy atom. The number of nitrogens with two attached hydrogens (primary N) is 1. The van der Waals surface area contributed by atoms with Crippen molar-refractivity contribution in [2.24, 2.45) is 5.92 Å². The van der Waals surface area contributed by atoms with Crippen LogP contribution in [0.1, 0.15) is 43.0 Å². The van der Waals surface area contributed by atoms with Crippen molar-refractivity contribution in [3.63, 3.8) is 0 Å². The van der Waals surface area contributed by atoms with E-state index in [-0.39, 0.29) is 5.91 Å². The lowest BCUT2D eigenvalue weighted by molar-refractivity contribution is 0.0684. The number of likely N-dealkylation sites (tertiary alicyclic amines) is 1. The first-order valence-corrected chi connectivity index (χ1v) is 7.39. The van der Waals surface area contributed by atoms with Crippen LogP contribution < -0.4 is 10.5 Å². The fraction of sp³-hybridized carbons (Fsp3) is 0.562. The number of methoxy groups -OCH3 is 1. The molecule has 4 heteroatoms. The van der Waals surface area contributed by atoms with E-state index in [1.807, 2.05) is 4.90 Å². The summed E-state index contributed by atoms with van der Waals surface area (Å²) in [5.41, 5.74) is 6.95. The summed E-state index contributed by atoms with van der Waals surface area (Å²) in [6.07, 6.45) is 4.67. The molecule has 2 rings (SSSR count). The molecular formula is C16H24N2O2. The molecule has 0 spiro atoms. The van der Waals surface area contributed by atoms with E-state index in [0.717, 1.165) is 31.8 Å². The number of hydrogen-bond acceptors (Lipinski definition) is 3. The average molecular weight is 276 g/mol. The van der Waals surface area contributed by atoms with Gasteiger partial charge in [0.25, 0.3) is 5.91 Å². The minimum absolute atomic E-state index is 0.00472. The van der Waals surface area contributed by atoms with Gasteiger partial charge in [0.2, 0.25) is 0 Å². The summed E-state index contributed by atoms with van der Waals surface area (Å²) in [5.74, 6) is 1.32. The van der Waals surface area contributed by atoms with Gasteiger partial charge in [0.05, 0.1) is 7.11 Å². The summed E-state index contributed by atoms with van der Waals surface area (Å²) in [5, 5.41) is 0. The van der Waals surface area contributed by atoms with Gasteiger partial charge in [0.15, 0.2) is 0 Å². The van der Waals surface area contributed by atoms with E-state index in [1.165, 1.54) is 12.8 Å². The van der Waals surface area contributed by atoms with Crippen LogP contribution in [0.5, 0.6) is 5.75 Å². The number of rotatable bonds is 4. The van der Waals surface area contributed by atoms with Gasteiger partial charge in [-0.2, -0.15) is 0 Å². The topological polar surface area (TPSA) is 55.6 Å². The molecule has 4 nitrogen and oxygen atoms in total. The summed E-state index contributed by atoms with van der Waals surface area (Å²) >= 11 is 0. The van der Waals surface area contributed by atoms with Crippen LogP contribution in [0.4, 0.5) is 5.69 Å². The molecule has 1 aliphatic heterocycles. The standard InChI is InChI=1S/C16H24N2O2/c1-3-5-12-8-10-18(11-9-12)16(19)15-13(17)6-4-7-14(15)20-2/h4,6-7,12H,3,5,8-11,17H2,1-2H3. The normalized spacial score (nSPS) is 16.2. The number of carbonyl (C=O) groups excluding carboxylic acids is 1. The van der Waals surface area contributed by atoms with Crippen LogP contribution in [0.3, 0.4) is 0 Å². The maximum Gasteiger partial charge on any atom is 0.259 e. The number of ether oxygens (including phenoxy) is 1. The minimum atomic E-state index is -0.00472. The Hall–Kier alpha value is -1.71. The molecule has 1 aromatic rings. The van der Waals surface area contributed by atoms with Crippen molar-refractivity contribution < 1.29 is 9.53 Å². The van der Waals surface area contributed by atoms with Crippen LogP contribution in [0.25, 0.3) is 0 Å². The van der Waals surface area contributed by atoms with Gasteiger partial charge in [-0.05, 0) is 30.9 Å². The summed E-state index contributed by atoms with van der Waals surface area (Å²) in [6.45, 7) is 3.86. The third-order valence-electron chi connectivity index (χ3n) is 4.09. The van der Waals surface area contributed by atoms with Crippen molar-refractivity contribution in [3.05, 3.63) is 23.8 Å².